The Kier molecular flexibility index (Phi) is 7.12. The van der Waals surface area contributed by atoms with Gasteiger partial charge in [-0.15, -0.1) is 0 Å². The first kappa shape index (κ1) is 24.4. The second-order valence-corrected chi connectivity index (χ2v) is 12.0. The number of nitrogens with zero attached hydrogens (tertiary/aromatic N) is 2. The predicted molar refractivity (Wildman–Crippen MR) is 145 cm³/mol. The Balaban J connectivity index is 1.72. The Hall–Kier alpha value is -2.68. The molecule has 0 N–H and O–H groups in total. The fourth-order valence-corrected chi connectivity index (χ4v) is 6.04. The molecule has 5 heteroatoms. The molecule has 3 aromatic rings. The van der Waals surface area contributed by atoms with Crippen LogP contribution in [0.4, 0.5) is 5.69 Å². The molecule has 178 valence electrons. The summed E-state index contributed by atoms with van der Waals surface area (Å²) in [5.74, 6) is 1.82. The molecule has 0 saturated carbocycles. The van der Waals surface area contributed by atoms with Crippen LogP contribution in [0.3, 0.4) is 0 Å². The molecule has 0 fully saturated rings. The van der Waals surface area contributed by atoms with Crippen LogP contribution in [0, 0.1) is 5.41 Å². The molecule has 0 amide bonds. The van der Waals surface area contributed by atoms with Crippen LogP contribution in [-0.2, 0) is 4.52 Å². The van der Waals surface area contributed by atoms with E-state index in [9.17, 15) is 0 Å². The summed E-state index contributed by atoms with van der Waals surface area (Å²) in [6, 6.07) is 29.4. The molecule has 1 aliphatic rings. The summed E-state index contributed by atoms with van der Waals surface area (Å²) < 4.78 is 12.4. The number of ether oxygens (including phenoxy) is 1. The van der Waals surface area contributed by atoms with E-state index in [0.29, 0.717) is 0 Å². The predicted octanol–water partition coefficient (Wildman–Crippen LogP) is 6.17. The molecule has 1 aliphatic heterocycles. The Morgan fingerprint density at radius 3 is 1.79 bits per heavy atom. The van der Waals surface area contributed by atoms with E-state index in [4.69, 9.17) is 14.3 Å². The number of hydrogen-bond donors (Lipinski definition) is 0. The molecule has 4 nitrogen and oxygen atoms in total. The first-order valence-electron chi connectivity index (χ1n) is 11.8. The minimum atomic E-state index is -1.02. The highest BCUT2D eigenvalue weighted by atomic mass is 31.1. The smallest absolute Gasteiger partial charge is 0.136 e. The van der Waals surface area contributed by atoms with Gasteiger partial charge in [-0.1, -0.05) is 81.4 Å². The normalized spacial score (nSPS) is 16.6. The maximum atomic E-state index is 7.02. The minimum Gasteiger partial charge on any atom is -0.497 e. The highest BCUT2D eigenvalue weighted by Crippen LogP contribution is 2.43. The van der Waals surface area contributed by atoms with Crippen LogP contribution < -0.4 is 20.2 Å². The van der Waals surface area contributed by atoms with Gasteiger partial charge in [0, 0.05) is 22.8 Å². The molecule has 34 heavy (non-hydrogen) atoms. The van der Waals surface area contributed by atoms with Crippen LogP contribution >= 0.6 is 8.15 Å². The number of benzene rings is 3. The monoisotopic (exact) mass is 474 g/mol. The van der Waals surface area contributed by atoms with Crippen molar-refractivity contribution in [2.24, 2.45) is 10.4 Å². The summed E-state index contributed by atoms with van der Waals surface area (Å²) in [4.78, 5) is 7.59. The molecular weight excluding hydrogens is 439 g/mol. The van der Waals surface area contributed by atoms with Crippen molar-refractivity contribution < 1.29 is 9.26 Å². The summed E-state index contributed by atoms with van der Waals surface area (Å²) in [7, 11) is 0.674. The summed E-state index contributed by atoms with van der Waals surface area (Å²) in [6.07, 6.45) is 0. The molecule has 0 aliphatic carbocycles. The molecule has 0 spiro atoms. The van der Waals surface area contributed by atoms with Crippen molar-refractivity contribution in [1.82, 2.24) is 0 Å². The van der Waals surface area contributed by atoms with Crippen molar-refractivity contribution in [3.8, 4) is 5.75 Å². The van der Waals surface area contributed by atoms with E-state index in [0.717, 1.165) is 23.8 Å². The zero-order chi connectivity index (χ0) is 24.3. The van der Waals surface area contributed by atoms with E-state index in [1.54, 1.807) is 7.11 Å². The second kappa shape index (κ2) is 9.90. The zero-order valence-corrected chi connectivity index (χ0v) is 21.9. The minimum absolute atomic E-state index is 0.0478. The fourth-order valence-electron chi connectivity index (χ4n) is 4.11. The van der Waals surface area contributed by atoms with Crippen molar-refractivity contribution in [3.63, 3.8) is 0 Å². The van der Waals surface area contributed by atoms with Crippen molar-refractivity contribution in [2.75, 3.05) is 18.6 Å². The van der Waals surface area contributed by atoms with Gasteiger partial charge in [0.2, 0.25) is 0 Å². The lowest BCUT2D eigenvalue weighted by atomic mass is 9.87. The van der Waals surface area contributed by atoms with Crippen LogP contribution in [0.5, 0.6) is 5.75 Å². The molecular formula is C29H35N2O2P. The van der Waals surface area contributed by atoms with E-state index in [1.807, 2.05) is 24.3 Å². The zero-order valence-electron chi connectivity index (χ0n) is 21.0. The maximum Gasteiger partial charge on any atom is 0.136 e. The van der Waals surface area contributed by atoms with Gasteiger partial charge >= 0.3 is 0 Å². The number of rotatable bonds is 7. The molecule has 4 rings (SSSR count). The standard InChI is InChI=1S/C29H35N2O2P/c1-28(2,3)26-21-31(22-17-19-23(32-6)20-18-22)27(30-26)29(4,5)33-34(24-13-9-7-10-14-24)25-15-11-8-12-16-25/h7-20,26H,21H2,1-6H3/t26-/m1/s1. The number of aliphatic imine (C=N–C) groups is 1. The molecule has 0 unspecified atom stereocenters. The Morgan fingerprint density at radius 2 is 1.32 bits per heavy atom. The molecule has 0 aromatic heterocycles. The van der Waals surface area contributed by atoms with E-state index >= 15 is 0 Å². The quantitative estimate of drug-likeness (QED) is 0.384. The van der Waals surface area contributed by atoms with Crippen molar-refractivity contribution in [1.29, 1.82) is 0 Å². The van der Waals surface area contributed by atoms with Crippen LogP contribution in [0.1, 0.15) is 34.6 Å². The van der Waals surface area contributed by atoms with Gasteiger partial charge in [-0.05, 0) is 43.5 Å². The number of anilines is 1. The SMILES string of the molecule is COc1ccc(N2C[C@H](C(C)(C)C)N=C2C(C)(C)OP(c2ccccc2)c2ccccc2)cc1. The lowest BCUT2D eigenvalue weighted by Crippen LogP contribution is -2.45. The van der Waals surface area contributed by atoms with E-state index in [-0.39, 0.29) is 11.5 Å². The third-order valence-electron chi connectivity index (χ3n) is 6.11. The van der Waals surface area contributed by atoms with Gasteiger partial charge in [0.1, 0.15) is 17.2 Å². The van der Waals surface area contributed by atoms with Gasteiger partial charge in [-0.3, -0.25) is 4.99 Å². The summed E-state index contributed by atoms with van der Waals surface area (Å²) in [5, 5.41) is 2.39. The van der Waals surface area contributed by atoms with Crippen LogP contribution in [-0.4, -0.2) is 31.1 Å². The first-order valence-corrected chi connectivity index (χ1v) is 13.0. The highest BCUT2D eigenvalue weighted by molar-refractivity contribution is 7.68. The molecule has 1 atom stereocenters. The van der Waals surface area contributed by atoms with Crippen LogP contribution in [0.2, 0.25) is 0 Å². The van der Waals surface area contributed by atoms with Crippen LogP contribution in [0.15, 0.2) is 89.9 Å². The first-order chi connectivity index (χ1) is 16.2. The topological polar surface area (TPSA) is 34.1 Å². The Morgan fingerprint density at radius 1 is 0.794 bits per heavy atom. The summed E-state index contributed by atoms with van der Waals surface area (Å²) >= 11 is 0. The summed E-state index contributed by atoms with van der Waals surface area (Å²) in [5.41, 5.74) is 0.551. The fraction of sp³-hybridized carbons (Fsp3) is 0.345. The van der Waals surface area contributed by atoms with E-state index < -0.39 is 13.7 Å². The largest absolute Gasteiger partial charge is 0.497 e. The number of methoxy groups -OCH3 is 1. The lowest BCUT2D eigenvalue weighted by molar-refractivity contribution is 0.210. The number of amidine groups is 1. The molecule has 1 heterocycles. The molecule has 3 aromatic carbocycles. The van der Waals surface area contributed by atoms with Crippen molar-refractivity contribution in [3.05, 3.63) is 84.9 Å². The average Bonchev–Trinajstić information content (AvgIpc) is 3.31. The molecule has 0 bridgehead atoms. The third kappa shape index (κ3) is 5.35. The van der Waals surface area contributed by atoms with Gasteiger partial charge in [-0.2, -0.15) is 0 Å². The second-order valence-electron chi connectivity index (χ2n) is 10.2. The van der Waals surface area contributed by atoms with Crippen molar-refractivity contribution >= 4 is 30.3 Å². The maximum absolute atomic E-state index is 7.02. The van der Waals surface area contributed by atoms with E-state index in [2.05, 4.69) is 100 Å². The number of hydrogen-bond acceptors (Lipinski definition) is 4. The van der Waals surface area contributed by atoms with Gasteiger partial charge in [0.05, 0.1) is 21.3 Å². The van der Waals surface area contributed by atoms with E-state index in [1.165, 1.54) is 10.6 Å². The molecule has 0 saturated heterocycles. The van der Waals surface area contributed by atoms with Gasteiger partial charge in [-0.25, -0.2) is 0 Å². The summed E-state index contributed by atoms with van der Waals surface area (Å²) in [6.45, 7) is 11.9. The Bertz CT molecular complexity index is 1070. The lowest BCUT2D eigenvalue weighted by Gasteiger charge is -2.35. The Labute approximate surface area is 205 Å². The van der Waals surface area contributed by atoms with Gasteiger partial charge < -0.3 is 14.2 Å². The van der Waals surface area contributed by atoms with Crippen LogP contribution in [0.25, 0.3) is 0 Å². The molecule has 0 radical (unpaired) electrons. The third-order valence-corrected chi connectivity index (χ3v) is 8.29. The highest BCUT2D eigenvalue weighted by Gasteiger charge is 2.42. The van der Waals surface area contributed by atoms with Gasteiger partial charge in [0.15, 0.2) is 0 Å². The van der Waals surface area contributed by atoms with Gasteiger partial charge in [0.25, 0.3) is 0 Å². The van der Waals surface area contributed by atoms with Crippen molar-refractivity contribution in [2.45, 2.75) is 46.3 Å². The average molecular weight is 475 g/mol.